The predicted molar refractivity (Wildman–Crippen MR) is 116 cm³/mol. The number of hydrogen-bond donors (Lipinski definition) is 1. The topological polar surface area (TPSA) is 68.5 Å². The number of carbonyl (C=O) groups excluding carboxylic acids is 1. The second-order valence-electron chi connectivity index (χ2n) is 7.40. The summed E-state index contributed by atoms with van der Waals surface area (Å²) in [5.74, 6) is -0.622. The molecule has 31 heavy (non-hydrogen) atoms. The molecule has 6 nitrogen and oxygen atoms in total. The van der Waals surface area contributed by atoms with Crippen molar-refractivity contribution >= 4 is 28.1 Å². The summed E-state index contributed by atoms with van der Waals surface area (Å²) in [7, 11) is 0. The van der Waals surface area contributed by atoms with E-state index in [1.54, 1.807) is 29.2 Å². The minimum atomic E-state index is -0.735. The number of carbonyl (C=O) groups is 1. The fraction of sp³-hybridized carbons (Fsp3) is 0.125. The number of halogens is 1. The molecule has 0 fully saturated rings. The van der Waals surface area contributed by atoms with Crippen molar-refractivity contribution in [1.29, 1.82) is 0 Å². The van der Waals surface area contributed by atoms with E-state index < -0.39 is 6.10 Å². The lowest BCUT2D eigenvalue weighted by Gasteiger charge is -2.08. The highest BCUT2D eigenvalue weighted by molar-refractivity contribution is 6.06. The minimum absolute atomic E-state index is 0.300. The van der Waals surface area contributed by atoms with E-state index in [4.69, 9.17) is 4.84 Å². The average molecular weight is 414 g/mol. The SMILES string of the molecule is O=C(Nc1cnn(Cc2cccc3ccccc23)c1)C1CC(c2ccc(F)cc2)=NO1. The molecule has 1 atom stereocenters. The van der Waals surface area contributed by atoms with Crippen molar-refractivity contribution in [3.63, 3.8) is 0 Å². The molecule has 1 amide bonds. The molecule has 1 aromatic heterocycles. The molecule has 0 saturated carbocycles. The van der Waals surface area contributed by atoms with Crippen LogP contribution in [0.3, 0.4) is 0 Å². The lowest BCUT2D eigenvalue weighted by atomic mass is 10.0. The number of hydrogen-bond acceptors (Lipinski definition) is 4. The molecule has 0 radical (unpaired) electrons. The monoisotopic (exact) mass is 414 g/mol. The normalized spacial score (nSPS) is 15.5. The Morgan fingerprint density at radius 2 is 1.90 bits per heavy atom. The Hall–Kier alpha value is -4.00. The number of oxime groups is 1. The van der Waals surface area contributed by atoms with Gasteiger partial charge in [-0.1, -0.05) is 59.8 Å². The Bertz CT molecular complexity index is 1270. The van der Waals surface area contributed by atoms with Crippen LogP contribution in [0.15, 0.2) is 84.3 Å². The van der Waals surface area contributed by atoms with Gasteiger partial charge in [-0.05, 0) is 34.0 Å². The van der Waals surface area contributed by atoms with Gasteiger partial charge in [-0.2, -0.15) is 5.10 Å². The number of amides is 1. The molecule has 1 aliphatic rings. The van der Waals surface area contributed by atoms with Crippen LogP contribution in [0.25, 0.3) is 10.8 Å². The predicted octanol–water partition coefficient (Wildman–Crippen LogP) is 4.36. The van der Waals surface area contributed by atoms with Crippen molar-refractivity contribution < 1.29 is 14.0 Å². The largest absolute Gasteiger partial charge is 0.382 e. The van der Waals surface area contributed by atoms with Crippen LogP contribution in [-0.4, -0.2) is 27.5 Å². The Kier molecular flexibility index (Phi) is 4.92. The van der Waals surface area contributed by atoms with Gasteiger partial charge in [0.2, 0.25) is 6.10 Å². The first kappa shape index (κ1) is 19.0. The minimum Gasteiger partial charge on any atom is -0.382 e. The molecule has 0 spiro atoms. The summed E-state index contributed by atoms with van der Waals surface area (Å²) >= 11 is 0. The maximum absolute atomic E-state index is 13.1. The standard InChI is InChI=1S/C24H19FN4O2/c25-19-10-8-17(9-11-19)22-12-23(31-28-22)24(30)27-20-13-26-29(15-20)14-18-6-3-5-16-4-1-2-7-21(16)18/h1-11,13,15,23H,12,14H2,(H,27,30). The molecule has 7 heteroatoms. The zero-order valence-corrected chi connectivity index (χ0v) is 16.5. The maximum Gasteiger partial charge on any atom is 0.268 e. The van der Waals surface area contributed by atoms with Crippen LogP contribution in [0.4, 0.5) is 10.1 Å². The van der Waals surface area contributed by atoms with Crippen molar-refractivity contribution in [1.82, 2.24) is 9.78 Å². The molecule has 3 aromatic carbocycles. The zero-order chi connectivity index (χ0) is 21.2. The van der Waals surface area contributed by atoms with Crippen molar-refractivity contribution in [3.05, 3.63) is 96.1 Å². The van der Waals surface area contributed by atoms with Crippen molar-refractivity contribution in [3.8, 4) is 0 Å². The fourth-order valence-electron chi connectivity index (χ4n) is 3.67. The van der Waals surface area contributed by atoms with Crippen molar-refractivity contribution in [2.24, 2.45) is 5.16 Å². The molecule has 5 rings (SSSR count). The maximum atomic E-state index is 13.1. The van der Waals surface area contributed by atoms with E-state index in [9.17, 15) is 9.18 Å². The molecule has 2 heterocycles. The van der Waals surface area contributed by atoms with Gasteiger partial charge in [0.25, 0.3) is 5.91 Å². The number of aromatic nitrogens is 2. The number of anilines is 1. The molecule has 1 unspecified atom stereocenters. The van der Waals surface area contributed by atoms with Gasteiger partial charge in [0.1, 0.15) is 5.82 Å². The van der Waals surface area contributed by atoms with Crippen LogP contribution >= 0.6 is 0 Å². The smallest absolute Gasteiger partial charge is 0.268 e. The lowest BCUT2D eigenvalue weighted by molar-refractivity contribution is -0.125. The highest BCUT2D eigenvalue weighted by atomic mass is 19.1. The Labute approximate surface area is 177 Å². The van der Waals surface area contributed by atoms with E-state index in [2.05, 4.69) is 39.8 Å². The van der Waals surface area contributed by atoms with Gasteiger partial charge >= 0.3 is 0 Å². The van der Waals surface area contributed by atoms with Gasteiger partial charge in [0.05, 0.1) is 24.1 Å². The summed E-state index contributed by atoms with van der Waals surface area (Å²) in [6.45, 7) is 0.592. The third-order valence-electron chi connectivity index (χ3n) is 5.25. The van der Waals surface area contributed by atoms with E-state index >= 15 is 0 Å². The zero-order valence-electron chi connectivity index (χ0n) is 16.5. The molecule has 154 valence electrons. The van der Waals surface area contributed by atoms with Crippen molar-refractivity contribution in [2.45, 2.75) is 19.1 Å². The highest BCUT2D eigenvalue weighted by Gasteiger charge is 2.29. The van der Waals surface area contributed by atoms with E-state index in [0.717, 1.165) is 11.1 Å². The van der Waals surface area contributed by atoms with Crippen LogP contribution < -0.4 is 5.32 Å². The van der Waals surface area contributed by atoms with Crippen molar-refractivity contribution in [2.75, 3.05) is 5.32 Å². The fourth-order valence-corrected chi connectivity index (χ4v) is 3.67. The molecule has 1 aliphatic heterocycles. The Morgan fingerprint density at radius 3 is 2.77 bits per heavy atom. The summed E-state index contributed by atoms with van der Waals surface area (Å²) in [5.41, 5.74) is 3.09. The van der Waals surface area contributed by atoms with Gasteiger partial charge < -0.3 is 10.2 Å². The quantitative estimate of drug-likeness (QED) is 0.528. The Morgan fingerprint density at radius 1 is 1.10 bits per heavy atom. The van der Waals surface area contributed by atoms with E-state index in [0.29, 0.717) is 24.4 Å². The lowest BCUT2D eigenvalue weighted by Crippen LogP contribution is -2.27. The molecule has 1 N–H and O–H groups in total. The third kappa shape index (κ3) is 4.02. The number of nitrogens with one attached hydrogen (secondary N) is 1. The van der Waals surface area contributed by atoms with Gasteiger partial charge in [-0.3, -0.25) is 9.48 Å². The van der Waals surface area contributed by atoms with Crippen LogP contribution in [0.1, 0.15) is 17.5 Å². The average Bonchev–Trinajstić information content (AvgIpc) is 3.45. The van der Waals surface area contributed by atoms with Crippen LogP contribution in [-0.2, 0) is 16.2 Å². The van der Waals surface area contributed by atoms with Crippen LogP contribution in [0, 0.1) is 5.82 Å². The van der Waals surface area contributed by atoms with E-state index in [-0.39, 0.29) is 11.7 Å². The first-order chi connectivity index (χ1) is 15.2. The van der Waals surface area contributed by atoms with Gasteiger partial charge in [-0.25, -0.2) is 4.39 Å². The van der Waals surface area contributed by atoms with Gasteiger partial charge in [-0.15, -0.1) is 0 Å². The number of nitrogens with zero attached hydrogens (tertiary/aromatic N) is 3. The van der Waals surface area contributed by atoms with E-state index in [1.165, 1.54) is 22.9 Å². The summed E-state index contributed by atoms with van der Waals surface area (Å²) < 4.78 is 14.9. The van der Waals surface area contributed by atoms with Crippen LogP contribution in [0.2, 0.25) is 0 Å². The number of benzene rings is 3. The summed E-state index contributed by atoms with van der Waals surface area (Å²) in [4.78, 5) is 17.9. The summed E-state index contributed by atoms with van der Waals surface area (Å²) in [5, 5.41) is 13.5. The third-order valence-corrected chi connectivity index (χ3v) is 5.25. The first-order valence-corrected chi connectivity index (χ1v) is 9.94. The number of fused-ring (bicyclic) bond motifs is 1. The Balaban J connectivity index is 1.23. The molecular formula is C24H19FN4O2. The summed E-state index contributed by atoms with van der Waals surface area (Å²) in [6, 6.07) is 20.3. The second-order valence-corrected chi connectivity index (χ2v) is 7.40. The molecule has 0 bridgehead atoms. The molecule has 0 aliphatic carbocycles. The molecule has 0 saturated heterocycles. The van der Waals surface area contributed by atoms with Gasteiger partial charge in [0.15, 0.2) is 0 Å². The number of rotatable bonds is 5. The molecule has 4 aromatic rings. The second kappa shape index (κ2) is 8.02. The first-order valence-electron chi connectivity index (χ1n) is 9.94. The highest BCUT2D eigenvalue weighted by Crippen LogP contribution is 2.21. The molecular weight excluding hydrogens is 395 g/mol. The van der Waals surface area contributed by atoms with Crippen LogP contribution in [0.5, 0.6) is 0 Å². The van der Waals surface area contributed by atoms with E-state index in [1.807, 2.05) is 18.2 Å². The van der Waals surface area contributed by atoms with Gasteiger partial charge in [0, 0.05) is 12.6 Å². The summed E-state index contributed by atoms with van der Waals surface area (Å²) in [6.07, 6.45) is 2.99.